The predicted octanol–water partition coefficient (Wildman–Crippen LogP) is 7.11. The van der Waals surface area contributed by atoms with Gasteiger partial charge in [0, 0.05) is 44.6 Å². The van der Waals surface area contributed by atoms with Crippen LogP contribution in [0.1, 0.15) is 55.8 Å². The van der Waals surface area contributed by atoms with Gasteiger partial charge in [0.1, 0.15) is 36.5 Å². The Bertz CT molecular complexity index is 1950. The highest BCUT2D eigenvalue weighted by molar-refractivity contribution is 6.76. The molecule has 0 amide bonds. The predicted molar refractivity (Wildman–Crippen MR) is 180 cm³/mol. The van der Waals surface area contributed by atoms with Crippen molar-refractivity contribution in [1.82, 2.24) is 33.9 Å². The first-order valence-electron chi connectivity index (χ1n) is 16.5. The zero-order chi connectivity index (χ0) is 32.0. The molecular formula is C35H42FN7O2Si. The molecule has 0 unspecified atom stereocenters. The zero-order valence-electron chi connectivity index (χ0n) is 27.2. The SMILES string of the molecule is Cn1cnnc1-c1cc(F)ccc1-c1cc(C2CC2)nc(-n2cnc3cc(CC4CCCC4)n(COCC[Si](C)(C)C)c3c2=O)c1. The smallest absolute Gasteiger partial charge is 0.283 e. The van der Waals surface area contributed by atoms with E-state index in [0.717, 1.165) is 47.8 Å². The Kier molecular flexibility index (Phi) is 8.22. The number of fused-ring (bicyclic) bond motifs is 1. The highest BCUT2D eigenvalue weighted by atomic mass is 28.3. The first kappa shape index (κ1) is 30.7. The van der Waals surface area contributed by atoms with E-state index in [1.807, 2.05) is 13.1 Å². The highest BCUT2D eigenvalue weighted by Crippen LogP contribution is 2.42. The van der Waals surface area contributed by atoms with Crippen molar-refractivity contribution < 1.29 is 9.13 Å². The minimum absolute atomic E-state index is 0.171. The third kappa shape index (κ3) is 6.35. The van der Waals surface area contributed by atoms with Gasteiger partial charge in [-0.05, 0) is 72.7 Å². The molecule has 2 aliphatic carbocycles. The van der Waals surface area contributed by atoms with Crippen molar-refractivity contribution in [3.8, 4) is 28.3 Å². The van der Waals surface area contributed by atoms with Crippen molar-refractivity contribution in [1.29, 1.82) is 0 Å². The fraction of sp³-hybridized carbons (Fsp3) is 0.457. The van der Waals surface area contributed by atoms with Crippen LogP contribution in [-0.2, 0) is 24.9 Å². The van der Waals surface area contributed by atoms with Crippen molar-refractivity contribution in [2.24, 2.45) is 13.0 Å². The van der Waals surface area contributed by atoms with Crippen LogP contribution in [0.4, 0.5) is 4.39 Å². The average Bonchev–Trinajstić information content (AvgIpc) is 3.39. The lowest BCUT2D eigenvalue weighted by Crippen LogP contribution is -2.24. The molecule has 240 valence electrons. The minimum Gasteiger partial charge on any atom is -0.361 e. The standard InChI is InChI=1S/C35H42FN7O2Si/c1-41-21-38-40-34(41)29-18-26(36)11-12-28(29)25-16-30(24-9-10-24)39-32(17-25)42-20-37-31-19-27(15-23-7-5-6-8-23)43(33(31)35(42)44)22-45-13-14-46(2,3)4/h11-12,16-21,23-24H,5-10,13-15,22H2,1-4H3. The normalized spacial score (nSPS) is 15.8. The molecule has 46 heavy (non-hydrogen) atoms. The van der Waals surface area contributed by atoms with Gasteiger partial charge in [0.15, 0.2) is 5.82 Å². The lowest BCUT2D eigenvalue weighted by molar-refractivity contribution is 0.0879. The van der Waals surface area contributed by atoms with Gasteiger partial charge in [0.25, 0.3) is 5.56 Å². The number of rotatable bonds is 11. The molecule has 2 aliphatic rings. The maximum atomic E-state index is 14.6. The highest BCUT2D eigenvalue weighted by Gasteiger charge is 2.28. The molecular weight excluding hydrogens is 598 g/mol. The summed E-state index contributed by atoms with van der Waals surface area (Å²) in [6.45, 7) is 8.03. The van der Waals surface area contributed by atoms with E-state index in [4.69, 9.17) is 14.7 Å². The van der Waals surface area contributed by atoms with Gasteiger partial charge in [-0.15, -0.1) is 10.2 Å². The number of aryl methyl sites for hydroxylation is 1. The van der Waals surface area contributed by atoms with Gasteiger partial charge in [-0.25, -0.2) is 18.9 Å². The van der Waals surface area contributed by atoms with Crippen LogP contribution in [0.2, 0.25) is 25.7 Å². The van der Waals surface area contributed by atoms with E-state index < -0.39 is 8.07 Å². The molecule has 0 radical (unpaired) electrons. The summed E-state index contributed by atoms with van der Waals surface area (Å²) in [6.07, 6.45) is 11.2. The lowest BCUT2D eigenvalue weighted by atomic mass is 9.98. The molecule has 11 heteroatoms. The summed E-state index contributed by atoms with van der Waals surface area (Å²) in [4.78, 5) is 24.2. The van der Waals surface area contributed by atoms with Gasteiger partial charge < -0.3 is 13.9 Å². The molecule has 1 aromatic carbocycles. The Morgan fingerprint density at radius 2 is 1.80 bits per heavy atom. The maximum absolute atomic E-state index is 14.6. The topological polar surface area (TPSA) is 92.7 Å². The summed E-state index contributed by atoms with van der Waals surface area (Å²) < 4.78 is 26.2. The van der Waals surface area contributed by atoms with Crippen LogP contribution in [0.5, 0.6) is 0 Å². The first-order chi connectivity index (χ1) is 22.1. The molecule has 0 bridgehead atoms. The number of halogens is 1. The van der Waals surface area contributed by atoms with Crippen LogP contribution >= 0.6 is 0 Å². The van der Waals surface area contributed by atoms with Crippen molar-refractivity contribution in [2.75, 3.05) is 6.61 Å². The minimum atomic E-state index is -1.26. The second-order valence-electron chi connectivity index (χ2n) is 14.3. The zero-order valence-corrected chi connectivity index (χ0v) is 28.2. The van der Waals surface area contributed by atoms with Crippen molar-refractivity contribution >= 4 is 19.1 Å². The summed E-state index contributed by atoms with van der Waals surface area (Å²) in [5, 5.41) is 8.28. The van der Waals surface area contributed by atoms with Crippen LogP contribution in [0.25, 0.3) is 39.4 Å². The van der Waals surface area contributed by atoms with Crippen molar-refractivity contribution in [3.05, 3.63) is 76.6 Å². The number of benzene rings is 1. The molecule has 7 rings (SSSR count). The number of pyridine rings is 1. The van der Waals surface area contributed by atoms with E-state index in [-0.39, 0.29) is 11.4 Å². The molecule has 0 saturated heterocycles. The van der Waals surface area contributed by atoms with Gasteiger partial charge in [0.05, 0.1) is 5.52 Å². The Balaban J connectivity index is 1.33. The largest absolute Gasteiger partial charge is 0.361 e. The van der Waals surface area contributed by atoms with E-state index >= 15 is 0 Å². The van der Waals surface area contributed by atoms with E-state index in [1.165, 1.54) is 37.8 Å². The van der Waals surface area contributed by atoms with Crippen LogP contribution in [-0.4, -0.2) is 48.5 Å². The van der Waals surface area contributed by atoms with E-state index in [2.05, 4.69) is 46.5 Å². The van der Waals surface area contributed by atoms with Gasteiger partial charge in [-0.1, -0.05) is 51.4 Å². The van der Waals surface area contributed by atoms with Crippen molar-refractivity contribution in [3.63, 3.8) is 0 Å². The molecule has 0 aliphatic heterocycles. The van der Waals surface area contributed by atoms with E-state index in [9.17, 15) is 9.18 Å². The Morgan fingerprint density at radius 1 is 1.00 bits per heavy atom. The van der Waals surface area contributed by atoms with Gasteiger partial charge in [-0.3, -0.25) is 4.79 Å². The van der Waals surface area contributed by atoms with Crippen molar-refractivity contribution in [2.45, 2.75) is 83.3 Å². The maximum Gasteiger partial charge on any atom is 0.283 e. The molecule has 9 nitrogen and oxygen atoms in total. The van der Waals surface area contributed by atoms with E-state index in [0.29, 0.717) is 53.4 Å². The van der Waals surface area contributed by atoms with Crippen LogP contribution in [0.15, 0.2) is 53.8 Å². The van der Waals surface area contributed by atoms with Crippen LogP contribution in [0, 0.1) is 11.7 Å². The molecule has 0 spiro atoms. The Labute approximate surface area is 269 Å². The fourth-order valence-corrected chi connectivity index (χ4v) is 7.36. The molecule has 2 fully saturated rings. The quantitative estimate of drug-likeness (QED) is 0.113. The number of nitrogens with zero attached hydrogens (tertiary/aromatic N) is 7. The Hall–Kier alpha value is -3.96. The molecule has 4 aromatic heterocycles. The monoisotopic (exact) mass is 639 g/mol. The number of hydrogen-bond donors (Lipinski definition) is 0. The average molecular weight is 640 g/mol. The lowest BCUT2D eigenvalue weighted by Gasteiger charge is -2.18. The van der Waals surface area contributed by atoms with Gasteiger partial charge in [0.2, 0.25) is 0 Å². The van der Waals surface area contributed by atoms with Gasteiger partial charge in [-0.2, -0.15) is 0 Å². The number of ether oxygens (including phenoxy) is 1. The molecule has 5 aromatic rings. The molecule has 4 heterocycles. The second kappa shape index (κ2) is 12.3. The summed E-state index contributed by atoms with van der Waals surface area (Å²) in [5.41, 5.74) is 5.34. The molecule has 0 N–H and O–H groups in total. The summed E-state index contributed by atoms with van der Waals surface area (Å²) in [7, 11) is 0.575. The summed E-state index contributed by atoms with van der Waals surface area (Å²) in [5.74, 6) is 1.64. The molecule has 0 atom stereocenters. The van der Waals surface area contributed by atoms with Crippen LogP contribution in [0.3, 0.4) is 0 Å². The first-order valence-corrected chi connectivity index (χ1v) is 20.2. The summed E-state index contributed by atoms with van der Waals surface area (Å²) >= 11 is 0. The summed E-state index contributed by atoms with van der Waals surface area (Å²) in [6, 6.07) is 11.8. The third-order valence-electron chi connectivity index (χ3n) is 9.40. The second-order valence-corrected chi connectivity index (χ2v) is 19.9. The van der Waals surface area contributed by atoms with Gasteiger partial charge >= 0.3 is 0 Å². The number of aromatic nitrogens is 7. The van der Waals surface area contributed by atoms with E-state index in [1.54, 1.807) is 27.9 Å². The third-order valence-corrected chi connectivity index (χ3v) is 11.1. The number of hydrogen-bond acceptors (Lipinski definition) is 6. The molecule has 2 saturated carbocycles. The van der Waals surface area contributed by atoms with Crippen LogP contribution < -0.4 is 5.56 Å². The Morgan fingerprint density at radius 3 is 2.52 bits per heavy atom. The fourth-order valence-electron chi connectivity index (χ4n) is 6.60.